The Morgan fingerprint density at radius 2 is 2.06 bits per heavy atom. The molecular formula is C21H27BrN6O2S. The van der Waals surface area contributed by atoms with Crippen LogP contribution in [0.2, 0.25) is 0 Å². The van der Waals surface area contributed by atoms with E-state index in [9.17, 15) is 9.35 Å². The molecule has 1 saturated heterocycles. The molecule has 2 aromatic rings. The summed E-state index contributed by atoms with van der Waals surface area (Å²) in [5.74, 6) is -0.0800. The maximum atomic E-state index is 13.0. The number of anilines is 1. The molecule has 0 aromatic carbocycles. The largest absolute Gasteiger partial charge is 0.598 e. The molecule has 0 saturated carbocycles. The molecular weight excluding hydrogens is 480 g/mol. The van der Waals surface area contributed by atoms with Crippen molar-refractivity contribution in [2.24, 2.45) is 11.1 Å². The molecule has 2 aliphatic rings. The van der Waals surface area contributed by atoms with Gasteiger partial charge in [0.05, 0.1) is 12.2 Å². The first kappa shape index (κ1) is 22.4. The van der Waals surface area contributed by atoms with E-state index < -0.39 is 17.3 Å². The molecule has 2 aromatic heterocycles. The third-order valence-electron chi connectivity index (χ3n) is 6.17. The Hall–Kier alpha value is -1.75. The summed E-state index contributed by atoms with van der Waals surface area (Å²) in [6.45, 7) is 7.32. The number of fused-ring (bicyclic) bond motifs is 1. The van der Waals surface area contributed by atoms with Gasteiger partial charge in [-0.05, 0) is 67.6 Å². The van der Waals surface area contributed by atoms with Crippen LogP contribution in [0.4, 0.5) is 5.82 Å². The third kappa shape index (κ3) is 4.30. The van der Waals surface area contributed by atoms with E-state index in [-0.39, 0.29) is 21.9 Å². The minimum Gasteiger partial charge on any atom is -0.598 e. The number of nitrogens with one attached hydrogen (secondary N) is 1. The van der Waals surface area contributed by atoms with Gasteiger partial charge in [0.1, 0.15) is 9.35 Å². The van der Waals surface area contributed by atoms with E-state index in [0.717, 1.165) is 30.5 Å². The number of nitrogens with two attached hydrogens (primary N) is 1. The molecule has 3 heterocycles. The summed E-state index contributed by atoms with van der Waals surface area (Å²) < 4.78 is 16.5. The van der Waals surface area contributed by atoms with Crippen LogP contribution in [0.5, 0.6) is 0 Å². The predicted octanol–water partition coefficient (Wildman–Crippen LogP) is 2.67. The molecule has 4 rings (SSSR count). The number of aromatic nitrogens is 3. The fourth-order valence-electron chi connectivity index (χ4n) is 4.49. The number of rotatable bonds is 4. The Morgan fingerprint density at radius 3 is 2.71 bits per heavy atom. The second kappa shape index (κ2) is 8.31. The Labute approximate surface area is 193 Å². The van der Waals surface area contributed by atoms with Gasteiger partial charge >= 0.3 is 0 Å². The quantitative estimate of drug-likeness (QED) is 0.611. The van der Waals surface area contributed by atoms with Crippen LogP contribution in [0, 0.1) is 5.41 Å². The zero-order valence-electron chi connectivity index (χ0n) is 17.9. The third-order valence-corrected chi connectivity index (χ3v) is 8.11. The normalized spacial score (nSPS) is 21.2. The van der Waals surface area contributed by atoms with Gasteiger partial charge in [-0.1, -0.05) is 6.07 Å². The highest BCUT2D eigenvalue weighted by Gasteiger charge is 2.51. The fourth-order valence-corrected chi connectivity index (χ4v) is 5.71. The molecule has 166 valence electrons. The number of carbonyl (C=O) groups is 1. The molecule has 1 amide bonds. The van der Waals surface area contributed by atoms with Gasteiger partial charge in [-0.2, -0.15) is 0 Å². The fraction of sp³-hybridized carbons (Fsp3) is 0.524. The number of amides is 1. The SMILES string of the molecule is CC(C)(C)[S@@+]([O-])N[C@@H]1c2cccnc2CC12CCN(c1ncc(Br)nc1C(N)=O)CC2. The van der Waals surface area contributed by atoms with Crippen LogP contribution in [0.1, 0.15) is 61.4 Å². The number of piperidine rings is 1. The van der Waals surface area contributed by atoms with Crippen molar-refractivity contribution in [2.45, 2.75) is 50.8 Å². The molecule has 1 spiro atoms. The Bertz CT molecular complexity index is 990. The van der Waals surface area contributed by atoms with Crippen molar-refractivity contribution in [1.29, 1.82) is 0 Å². The molecule has 0 bridgehead atoms. The smallest absolute Gasteiger partial charge is 0.271 e. The maximum Gasteiger partial charge on any atom is 0.271 e. The van der Waals surface area contributed by atoms with Gasteiger partial charge in [0.2, 0.25) is 0 Å². The average Bonchev–Trinajstić information content (AvgIpc) is 3.01. The lowest BCUT2D eigenvalue weighted by atomic mass is 9.73. The van der Waals surface area contributed by atoms with Gasteiger partial charge in [-0.15, -0.1) is 4.72 Å². The summed E-state index contributed by atoms with van der Waals surface area (Å²) in [6, 6.07) is 4.00. The van der Waals surface area contributed by atoms with Gasteiger partial charge < -0.3 is 15.2 Å². The number of primary amides is 1. The summed E-state index contributed by atoms with van der Waals surface area (Å²) in [6.07, 6.45) is 5.93. The van der Waals surface area contributed by atoms with Crippen molar-refractivity contribution in [3.63, 3.8) is 0 Å². The Morgan fingerprint density at radius 1 is 1.35 bits per heavy atom. The second-order valence-electron chi connectivity index (χ2n) is 9.23. The van der Waals surface area contributed by atoms with Crippen LogP contribution in [-0.2, 0) is 17.8 Å². The molecule has 1 aliphatic heterocycles. The van der Waals surface area contributed by atoms with Crippen molar-refractivity contribution in [3.8, 4) is 0 Å². The van der Waals surface area contributed by atoms with Crippen LogP contribution < -0.4 is 15.4 Å². The molecule has 31 heavy (non-hydrogen) atoms. The van der Waals surface area contributed by atoms with E-state index in [1.54, 1.807) is 6.20 Å². The molecule has 1 fully saturated rings. The van der Waals surface area contributed by atoms with Crippen molar-refractivity contribution in [3.05, 3.63) is 46.1 Å². The van der Waals surface area contributed by atoms with Crippen LogP contribution in [0.25, 0.3) is 0 Å². The molecule has 2 atom stereocenters. The second-order valence-corrected chi connectivity index (χ2v) is 12.0. The number of hydrogen-bond donors (Lipinski definition) is 2. The number of pyridine rings is 1. The first-order chi connectivity index (χ1) is 14.6. The van der Waals surface area contributed by atoms with E-state index >= 15 is 0 Å². The van der Waals surface area contributed by atoms with Crippen LogP contribution in [0.15, 0.2) is 29.1 Å². The summed E-state index contributed by atoms with van der Waals surface area (Å²) in [5, 5.41) is 0. The Kier molecular flexibility index (Phi) is 6.01. The van der Waals surface area contributed by atoms with E-state index in [0.29, 0.717) is 23.5 Å². The van der Waals surface area contributed by atoms with E-state index in [2.05, 4.69) is 46.6 Å². The lowest BCUT2D eigenvalue weighted by Gasteiger charge is -2.44. The number of halogens is 1. The Balaban J connectivity index is 1.60. The van der Waals surface area contributed by atoms with Crippen molar-refractivity contribution < 1.29 is 9.35 Å². The number of hydrogen-bond acceptors (Lipinski definition) is 7. The minimum atomic E-state index is -1.20. The number of carbonyl (C=O) groups excluding carboxylic acids is 1. The van der Waals surface area contributed by atoms with Crippen LogP contribution in [0.3, 0.4) is 0 Å². The maximum absolute atomic E-state index is 13.0. The molecule has 8 nitrogen and oxygen atoms in total. The number of nitrogens with zero attached hydrogens (tertiary/aromatic N) is 4. The lowest BCUT2D eigenvalue weighted by Crippen LogP contribution is -2.50. The van der Waals surface area contributed by atoms with Crippen molar-refractivity contribution >= 4 is 39.0 Å². The van der Waals surface area contributed by atoms with Crippen LogP contribution in [-0.4, -0.2) is 43.2 Å². The van der Waals surface area contributed by atoms with Crippen LogP contribution >= 0.6 is 15.9 Å². The first-order valence-electron chi connectivity index (χ1n) is 10.3. The van der Waals surface area contributed by atoms with Crippen molar-refractivity contribution in [2.75, 3.05) is 18.0 Å². The molecule has 3 N–H and O–H groups in total. The summed E-state index contributed by atoms with van der Waals surface area (Å²) >= 11 is 2.06. The zero-order valence-corrected chi connectivity index (χ0v) is 20.3. The standard InChI is InChI=1S/C21H27BrN6O2S/c1-20(2,3)31(30)27-17-13-5-4-8-24-14(13)11-21(17)6-9-28(10-7-21)19-16(18(23)29)26-15(22)12-25-19/h4-5,8,12,17,27H,6-7,9-11H2,1-3H3,(H2,23,29)/t17-,31-/m1/s1. The highest BCUT2D eigenvalue weighted by molar-refractivity contribution is 9.10. The van der Waals surface area contributed by atoms with Gasteiger partial charge in [-0.3, -0.25) is 9.78 Å². The topological polar surface area (TPSA) is 120 Å². The highest BCUT2D eigenvalue weighted by Crippen LogP contribution is 2.52. The summed E-state index contributed by atoms with van der Waals surface area (Å²) in [4.78, 5) is 27.2. The van der Waals surface area contributed by atoms with Gasteiger partial charge in [-0.25, -0.2) is 9.97 Å². The lowest BCUT2D eigenvalue weighted by molar-refractivity contribution is 0.0995. The van der Waals surface area contributed by atoms with Gasteiger partial charge in [0.15, 0.2) is 11.5 Å². The summed E-state index contributed by atoms with van der Waals surface area (Å²) in [7, 11) is 0. The molecule has 0 unspecified atom stereocenters. The molecule has 10 heteroatoms. The molecule has 0 radical (unpaired) electrons. The summed E-state index contributed by atoms with van der Waals surface area (Å²) in [5.41, 5.74) is 7.82. The first-order valence-corrected chi connectivity index (χ1v) is 12.2. The van der Waals surface area contributed by atoms with E-state index in [1.165, 1.54) is 0 Å². The highest BCUT2D eigenvalue weighted by atomic mass is 79.9. The zero-order chi connectivity index (χ0) is 22.4. The van der Waals surface area contributed by atoms with E-state index in [4.69, 9.17) is 5.73 Å². The van der Waals surface area contributed by atoms with Crippen molar-refractivity contribution in [1.82, 2.24) is 19.7 Å². The monoisotopic (exact) mass is 506 g/mol. The van der Waals surface area contributed by atoms with Gasteiger partial charge in [0.25, 0.3) is 5.91 Å². The minimum absolute atomic E-state index is 0.0370. The van der Waals surface area contributed by atoms with Gasteiger partial charge in [0, 0.05) is 41.8 Å². The van der Waals surface area contributed by atoms with E-state index in [1.807, 2.05) is 33.0 Å². The average molecular weight is 507 g/mol. The molecule has 1 aliphatic carbocycles. The predicted molar refractivity (Wildman–Crippen MR) is 124 cm³/mol.